The number of halogens is 1. The van der Waals surface area contributed by atoms with E-state index in [-0.39, 0.29) is 0 Å². The third-order valence-electron chi connectivity index (χ3n) is 3.63. The van der Waals surface area contributed by atoms with E-state index in [4.69, 9.17) is 11.6 Å². The molecule has 96 valence electrons. The number of nitrogens with zero attached hydrogens (tertiary/aromatic N) is 4. The molecular formula is C13H17ClN4. The van der Waals surface area contributed by atoms with Gasteiger partial charge >= 0.3 is 0 Å². The summed E-state index contributed by atoms with van der Waals surface area (Å²) in [4.78, 5) is 2.39. The molecule has 0 amide bonds. The van der Waals surface area contributed by atoms with E-state index in [0.717, 1.165) is 29.5 Å². The molecule has 3 rings (SSSR count). The Labute approximate surface area is 112 Å². The summed E-state index contributed by atoms with van der Waals surface area (Å²) in [5.41, 5.74) is 0.874. The van der Waals surface area contributed by atoms with E-state index in [9.17, 15) is 0 Å². The predicted octanol–water partition coefficient (Wildman–Crippen LogP) is 2.27. The fraction of sp³-hybridized carbons (Fsp3) is 0.538. The summed E-state index contributed by atoms with van der Waals surface area (Å²) >= 11 is 6.03. The molecule has 0 bridgehead atoms. The molecule has 3 heterocycles. The second-order valence-corrected chi connectivity index (χ2v) is 5.60. The SMILES string of the molecule is CN1CCCC(Cc2nnc3ccc(Cl)cn23)C1. The van der Waals surface area contributed by atoms with E-state index >= 15 is 0 Å². The molecule has 4 nitrogen and oxygen atoms in total. The van der Waals surface area contributed by atoms with E-state index < -0.39 is 0 Å². The van der Waals surface area contributed by atoms with Crippen molar-refractivity contribution in [1.82, 2.24) is 19.5 Å². The number of rotatable bonds is 2. The van der Waals surface area contributed by atoms with Crippen LogP contribution in [0.25, 0.3) is 5.65 Å². The molecule has 2 aromatic rings. The first-order chi connectivity index (χ1) is 8.72. The molecule has 1 saturated heterocycles. The molecular weight excluding hydrogens is 248 g/mol. The van der Waals surface area contributed by atoms with Gasteiger partial charge < -0.3 is 4.90 Å². The number of hydrogen-bond acceptors (Lipinski definition) is 3. The van der Waals surface area contributed by atoms with Gasteiger partial charge in [0.05, 0.1) is 5.02 Å². The Morgan fingerprint density at radius 2 is 2.28 bits per heavy atom. The molecule has 1 fully saturated rings. The third kappa shape index (κ3) is 2.35. The van der Waals surface area contributed by atoms with Gasteiger partial charge in [0.1, 0.15) is 5.82 Å². The highest BCUT2D eigenvalue weighted by Crippen LogP contribution is 2.20. The van der Waals surface area contributed by atoms with Crippen molar-refractivity contribution in [3.8, 4) is 0 Å². The van der Waals surface area contributed by atoms with Crippen LogP contribution < -0.4 is 0 Å². The molecule has 5 heteroatoms. The fourth-order valence-corrected chi connectivity index (χ4v) is 2.91. The zero-order valence-electron chi connectivity index (χ0n) is 10.5. The zero-order chi connectivity index (χ0) is 12.5. The van der Waals surface area contributed by atoms with Crippen molar-refractivity contribution in [3.63, 3.8) is 0 Å². The molecule has 0 N–H and O–H groups in total. The molecule has 2 aromatic heterocycles. The van der Waals surface area contributed by atoms with Crippen LogP contribution in [0.2, 0.25) is 5.02 Å². The van der Waals surface area contributed by atoms with Crippen LogP contribution in [-0.2, 0) is 6.42 Å². The average Bonchev–Trinajstić information content (AvgIpc) is 2.72. The van der Waals surface area contributed by atoms with Crippen LogP contribution >= 0.6 is 11.6 Å². The molecule has 0 saturated carbocycles. The maximum atomic E-state index is 6.03. The molecule has 0 radical (unpaired) electrons. The standard InChI is InChI=1S/C13H17ClN4/c1-17-6-2-3-10(8-17)7-13-16-15-12-5-4-11(14)9-18(12)13/h4-5,9-10H,2-3,6-8H2,1H3. The lowest BCUT2D eigenvalue weighted by molar-refractivity contribution is 0.207. The van der Waals surface area contributed by atoms with Gasteiger partial charge in [-0.15, -0.1) is 10.2 Å². The van der Waals surface area contributed by atoms with Gasteiger partial charge in [0.25, 0.3) is 0 Å². The molecule has 18 heavy (non-hydrogen) atoms. The van der Waals surface area contributed by atoms with Crippen molar-refractivity contribution >= 4 is 17.2 Å². The summed E-state index contributed by atoms with van der Waals surface area (Å²) in [5, 5.41) is 9.20. The van der Waals surface area contributed by atoms with Gasteiger partial charge in [0, 0.05) is 19.2 Å². The second kappa shape index (κ2) is 4.86. The first-order valence-electron chi connectivity index (χ1n) is 6.40. The topological polar surface area (TPSA) is 33.4 Å². The quantitative estimate of drug-likeness (QED) is 0.834. The Hall–Kier alpha value is -1.13. The van der Waals surface area contributed by atoms with Crippen molar-refractivity contribution in [2.24, 2.45) is 5.92 Å². The summed E-state index contributed by atoms with van der Waals surface area (Å²) in [7, 11) is 2.19. The van der Waals surface area contributed by atoms with Gasteiger partial charge in [0.2, 0.25) is 0 Å². The van der Waals surface area contributed by atoms with Crippen LogP contribution in [0.15, 0.2) is 18.3 Å². The number of fused-ring (bicyclic) bond motifs is 1. The normalized spacial score (nSPS) is 21.6. The van der Waals surface area contributed by atoms with Crippen molar-refractivity contribution in [3.05, 3.63) is 29.2 Å². The monoisotopic (exact) mass is 264 g/mol. The Kier molecular flexibility index (Phi) is 3.22. The van der Waals surface area contributed by atoms with Crippen molar-refractivity contribution in [2.75, 3.05) is 20.1 Å². The highest BCUT2D eigenvalue weighted by atomic mass is 35.5. The van der Waals surface area contributed by atoms with Crippen molar-refractivity contribution in [1.29, 1.82) is 0 Å². The molecule has 0 spiro atoms. The third-order valence-corrected chi connectivity index (χ3v) is 3.85. The van der Waals surface area contributed by atoms with Gasteiger partial charge in [-0.3, -0.25) is 4.40 Å². The van der Waals surface area contributed by atoms with Crippen LogP contribution in [0.4, 0.5) is 0 Å². The lowest BCUT2D eigenvalue weighted by atomic mass is 9.95. The van der Waals surface area contributed by atoms with Crippen LogP contribution in [0, 0.1) is 5.92 Å². The zero-order valence-corrected chi connectivity index (χ0v) is 11.3. The van der Waals surface area contributed by atoms with E-state index in [1.165, 1.54) is 19.4 Å². The van der Waals surface area contributed by atoms with E-state index in [1.807, 2.05) is 22.7 Å². The fourth-order valence-electron chi connectivity index (χ4n) is 2.75. The number of hydrogen-bond donors (Lipinski definition) is 0. The highest BCUT2D eigenvalue weighted by Gasteiger charge is 2.19. The summed E-state index contributed by atoms with van der Waals surface area (Å²) in [5.74, 6) is 1.70. The minimum absolute atomic E-state index is 0.676. The Morgan fingerprint density at radius 3 is 3.11 bits per heavy atom. The summed E-state index contributed by atoms with van der Waals surface area (Å²) in [6.45, 7) is 2.36. The first kappa shape index (κ1) is 11.9. The van der Waals surface area contributed by atoms with E-state index in [0.29, 0.717) is 5.92 Å². The lowest BCUT2D eigenvalue weighted by Gasteiger charge is -2.29. The van der Waals surface area contributed by atoms with Gasteiger partial charge in [-0.05, 0) is 44.5 Å². The van der Waals surface area contributed by atoms with Gasteiger partial charge in [-0.25, -0.2) is 0 Å². The molecule has 1 atom stereocenters. The maximum Gasteiger partial charge on any atom is 0.160 e. The predicted molar refractivity (Wildman–Crippen MR) is 71.9 cm³/mol. The molecule has 1 aliphatic heterocycles. The number of piperidine rings is 1. The Balaban J connectivity index is 1.83. The molecule has 1 aliphatic rings. The average molecular weight is 265 g/mol. The van der Waals surface area contributed by atoms with Crippen molar-refractivity contribution < 1.29 is 0 Å². The Morgan fingerprint density at radius 1 is 1.39 bits per heavy atom. The molecule has 0 aromatic carbocycles. The summed E-state index contributed by atoms with van der Waals surface area (Å²) in [6, 6.07) is 3.76. The highest BCUT2D eigenvalue weighted by molar-refractivity contribution is 6.30. The Bertz CT molecular complexity index is 551. The number of likely N-dealkylation sites (tertiary alicyclic amines) is 1. The van der Waals surface area contributed by atoms with E-state index in [1.54, 1.807) is 0 Å². The number of aromatic nitrogens is 3. The summed E-state index contributed by atoms with van der Waals surface area (Å²) in [6.07, 6.45) is 5.43. The molecule has 1 unspecified atom stereocenters. The van der Waals surface area contributed by atoms with Crippen LogP contribution in [0.5, 0.6) is 0 Å². The minimum Gasteiger partial charge on any atom is -0.306 e. The van der Waals surface area contributed by atoms with Crippen LogP contribution in [0.1, 0.15) is 18.7 Å². The number of pyridine rings is 1. The minimum atomic E-state index is 0.676. The maximum absolute atomic E-state index is 6.03. The van der Waals surface area contributed by atoms with Crippen molar-refractivity contribution in [2.45, 2.75) is 19.3 Å². The second-order valence-electron chi connectivity index (χ2n) is 5.17. The lowest BCUT2D eigenvalue weighted by Crippen LogP contribution is -2.33. The van der Waals surface area contributed by atoms with E-state index in [2.05, 4.69) is 22.1 Å². The van der Waals surface area contributed by atoms with Gasteiger partial charge in [-0.1, -0.05) is 11.6 Å². The van der Waals surface area contributed by atoms with Gasteiger partial charge in [-0.2, -0.15) is 0 Å². The first-order valence-corrected chi connectivity index (χ1v) is 6.78. The van der Waals surface area contributed by atoms with Gasteiger partial charge in [0.15, 0.2) is 5.65 Å². The molecule has 0 aliphatic carbocycles. The van der Waals surface area contributed by atoms with Crippen LogP contribution in [0.3, 0.4) is 0 Å². The smallest absolute Gasteiger partial charge is 0.160 e. The summed E-state index contributed by atoms with van der Waals surface area (Å²) < 4.78 is 2.01. The largest absolute Gasteiger partial charge is 0.306 e. The van der Waals surface area contributed by atoms with Crippen LogP contribution in [-0.4, -0.2) is 39.6 Å².